The summed E-state index contributed by atoms with van der Waals surface area (Å²) in [5.74, 6) is -0.673. The van der Waals surface area contributed by atoms with E-state index >= 15 is 0 Å². The molecule has 118 valence electrons. The van der Waals surface area contributed by atoms with Gasteiger partial charge in [0.15, 0.2) is 6.10 Å². The van der Waals surface area contributed by atoms with Gasteiger partial charge in [0.25, 0.3) is 6.43 Å². The Kier molecular flexibility index (Phi) is 7.17. The smallest absolute Gasteiger partial charge is 0.268 e. The van der Waals surface area contributed by atoms with Crippen LogP contribution >= 0.6 is 15.9 Å². The lowest BCUT2D eigenvalue weighted by molar-refractivity contribution is -0.150. The van der Waals surface area contributed by atoms with Gasteiger partial charge in [-0.05, 0) is 12.0 Å². The molecular weight excluding hydrogens is 351 g/mol. The summed E-state index contributed by atoms with van der Waals surface area (Å²) >= 11 is 3.08. The van der Waals surface area contributed by atoms with Crippen LogP contribution in [-0.2, 0) is 11.3 Å². The maximum Gasteiger partial charge on any atom is 0.268 e. The fourth-order valence-corrected chi connectivity index (χ4v) is 1.99. The molecule has 0 radical (unpaired) electrons. The van der Waals surface area contributed by atoms with Crippen molar-refractivity contribution in [1.29, 1.82) is 0 Å². The van der Waals surface area contributed by atoms with Crippen LogP contribution in [0.3, 0.4) is 0 Å². The fourth-order valence-electron chi connectivity index (χ4n) is 1.73. The molecule has 3 unspecified atom stereocenters. The first-order chi connectivity index (χ1) is 9.88. The lowest BCUT2D eigenvalue weighted by Gasteiger charge is -2.30. The van der Waals surface area contributed by atoms with Crippen LogP contribution in [0.25, 0.3) is 0 Å². The topological polar surface area (TPSA) is 40.5 Å². The molecule has 1 rings (SSSR count). The number of amides is 1. The SMILES string of the molecule is CCC(Br)C(=O)N(Cc1ccccc1)C(F)C(O)C(F)F. The molecule has 21 heavy (non-hydrogen) atoms. The van der Waals surface area contributed by atoms with Crippen molar-refractivity contribution in [3.63, 3.8) is 0 Å². The highest BCUT2D eigenvalue weighted by Gasteiger charge is 2.36. The maximum absolute atomic E-state index is 14.1. The minimum atomic E-state index is -3.26. The number of alkyl halides is 4. The number of halogens is 4. The van der Waals surface area contributed by atoms with E-state index in [1.807, 2.05) is 0 Å². The second-order valence-corrected chi connectivity index (χ2v) is 5.63. The molecule has 0 fully saturated rings. The molecule has 1 amide bonds. The van der Waals surface area contributed by atoms with E-state index in [2.05, 4.69) is 15.9 Å². The predicted octanol–water partition coefficient (Wildman–Crippen LogP) is 3.11. The van der Waals surface area contributed by atoms with E-state index < -0.39 is 29.6 Å². The predicted molar refractivity (Wildman–Crippen MR) is 76.9 cm³/mol. The minimum Gasteiger partial charge on any atom is -0.382 e. The number of carbonyl (C=O) groups excluding carboxylic acids is 1. The highest BCUT2D eigenvalue weighted by molar-refractivity contribution is 9.10. The molecule has 0 aliphatic heterocycles. The second kappa shape index (κ2) is 8.38. The molecule has 0 spiro atoms. The van der Waals surface area contributed by atoms with Gasteiger partial charge in [-0.2, -0.15) is 0 Å². The Hall–Kier alpha value is -1.08. The van der Waals surface area contributed by atoms with Gasteiger partial charge in [-0.25, -0.2) is 13.2 Å². The Bertz CT molecular complexity index is 447. The molecule has 1 aromatic carbocycles. The zero-order chi connectivity index (χ0) is 16.0. The summed E-state index contributed by atoms with van der Waals surface area (Å²) in [6.07, 6.45) is -7.89. The van der Waals surface area contributed by atoms with Gasteiger partial charge in [-0.1, -0.05) is 53.2 Å². The molecule has 0 heterocycles. The van der Waals surface area contributed by atoms with Crippen molar-refractivity contribution in [3.05, 3.63) is 35.9 Å². The first-order valence-corrected chi connectivity index (χ1v) is 7.38. The summed E-state index contributed by atoms with van der Waals surface area (Å²) in [6.45, 7) is 1.52. The molecule has 1 N–H and O–H groups in total. The maximum atomic E-state index is 14.1. The van der Waals surface area contributed by atoms with Crippen LogP contribution in [0.5, 0.6) is 0 Å². The Morgan fingerprint density at radius 3 is 2.33 bits per heavy atom. The van der Waals surface area contributed by atoms with E-state index in [9.17, 15) is 23.1 Å². The number of hydrogen-bond donors (Lipinski definition) is 1. The van der Waals surface area contributed by atoms with E-state index in [1.165, 1.54) is 0 Å². The molecule has 0 aliphatic rings. The first-order valence-electron chi connectivity index (χ1n) is 6.47. The number of aliphatic hydroxyl groups is 1. The van der Waals surface area contributed by atoms with Gasteiger partial charge in [0.2, 0.25) is 12.2 Å². The van der Waals surface area contributed by atoms with Crippen molar-refractivity contribution in [2.45, 2.75) is 43.5 Å². The largest absolute Gasteiger partial charge is 0.382 e. The van der Waals surface area contributed by atoms with Crippen LogP contribution in [0.1, 0.15) is 18.9 Å². The van der Waals surface area contributed by atoms with E-state index in [1.54, 1.807) is 37.3 Å². The Labute approximate surface area is 129 Å². The highest BCUT2D eigenvalue weighted by atomic mass is 79.9. The fraction of sp³-hybridized carbons (Fsp3) is 0.500. The summed E-state index contributed by atoms with van der Waals surface area (Å²) in [4.78, 5) is 12.1. The summed E-state index contributed by atoms with van der Waals surface area (Å²) < 4.78 is 39.1. The van der Waals surface area contributed by atoms with Gasteiger partial charge in [-0.15, -0.1) is 0 Å². The standard InChI is InChI=1S/C14H17BrF3NO2/c1-2-10(15)14(21)19(13(18)11(20)12(16)17)8-9-6-4-3-5-7-9/h3-7,10-13,20H,2,8H2,1H3. The van der Waals surface area contributed by atoms with E-state index in [4.69, 9.17) is 0 Å². The van der Waals surface area contributed by atoms with Gasteiger partial charge >= 0.3 is 0 Å². The summed E-state index contributed by atoms with van der Waals surface area (Å²) in [5.41, 5.74) is 0.589. The minimum absolute atomic E-state index is 0.188. The third-order valence-electron chi connectivity index (χ3n) is 2.94. The zero-order valence-electron chi connectivity index (χ0n) is 11.4. The average molecular weight is 368 g/mol. The molecule has 1 aromatic rings. The summed E-state index contributed by atoms with van der Waals surface area (Å²) in [6, 6.07) is 8.43. The quantitative estimate of drug-likeness (QED) is 0.594. The summed E-state index contributed by atoms with van der Waals surface area (Å²) in [5, 5.41) is 9.21. The van der Waals surface area contributed by atoms with Gasteiger partial charge in [0, 0.05) is 6.54 Å². The van der Waals surface area contributed by atoms with Gasteiger partial charge in [-0.3, -0.25) is 4.79 Å². The van der Waals surface area contributed by atoms with E-state index in [0.29, 0.717) is 16.9 Å². The van der Waals surface area contributed by atoms with Gasteiger partial charge in [0.1, 0.15) is 0 Å². The lowest BCUT2D eigenvalue weighted by Crippen LogP contribution is -2.48. The molecule has 3 atom stereocenters. The third-order valence-corrected chi connectivity index (χ3v) is 3.98. The normalized spacial score (nSPS) is 15.6. The molecular formula is C14H17BrF3NO2. The Balaban J connectivity index is 2.97. The van der Waals surface area contributed by atoms with Crippen LogP contribution in [0.4, 0.5) is 13.2 Å². The number of aliphatic hydroxyl groups excluding tert-OH is 1. The van der Waals surface area contributed by atoms with Crippen molar-refractivity contribution >= 4 is 21.8 Å². The highest BCUT2D eigenvalue weighted by Crippen LogP contribution is 2.20. The van der Waals surface area contributed by atoms with E-state index in [-0.39, 0.29) is 6.54 Å². The number of nitrogens with zero attached hydrogens (tertiary/aromatic N) is 1. The van der Waals surface area contributed by atoms with Crippen LogP contribution in [0.15, 0.2) is 30.3 Å². The molecule has 0 aliphatic carbocycles. The van der Waals surface area contributed by atoms with Crippen molar-refractivity contribution in [1.82, 2.24) is 4.90 Å². The lowest BCUT2D eigenvalue weighted by atomic mass is 10.1. The Morgan fingerprint density at radius 1 is 1.29 bits per heavy atom. The van der Waals surface area contributed by atoms with Crippen LogP contribution in [0.2, 0.25) is 0 Å². The van der Waals surface area contributed by atoms with Crippen LogP contribution in [0, 0.1) is 0 Å². The van der Waals surface area contributed by atoms with Gasteiger partial charge < -0.3 is 10.0 Å². The monoisotopic (exact) mass is 367 g/mol. The number of carbonyl (C=O) groups is 1. The number of hydrogen-bond acceptors (Lipinski definition) is 2. The van der Waals surface area contributed by atoms with Crippen molar-refractivity contribution < 1.29 is 23.1 Å². The molecule has 0 aromatic heterocycles. The average Bonchev–Trinajstić information content (AvgIpc) is 2.50. The van der Waals surface area contributed by atoms with Crippen molar-refractivity contribution in [2.75, 3.05) is 0 Å². The number of rotatable bonds is 7. The number of benzene rings is 1. The van der Waals surface area contributed by atoms with E-state index in [0.717, 1.165) is 0 Å². The summed E-state index contributed by atoms with van der Waals surface area (Å²) in [7, 11) is 0. The third kappa shape index (κ3) is 5.00. The van der Waals surface area contributed by atoms with Crippen LogP contribution < -0.4 is 0 Å². The zero-order valence-corrected chi connectivity index (χ0v) is 13.0. The molecule has 0 saturated heterocycles. The van der Waals surface area contributed by atoms with Gasteiger partial charge in [0.05, 0.1) is 4.83 Å². The Morgan fingerprint density at radius 2 is 1.86 bits per heavy atom. The van der Waals surface area contributed by atoms with Crippen molar-refractivity contribution in [2.24, 2.45) is 0 Å². The molecule has 7 heteroatoms. The molecule has 0 bridgehead atoms. The van der Waals surface area contributed by atoms with Crippen LogP contribution in [-0.4, -0.2) is 39.6 Å². The molecule has 0 saturated carbocycles. The molecule has 3 nitrogen and oxygen atoms in total. The first kappa shape index (κ1) is 18.0. The van der Waals surface area contributed by atoms with Crippen molar-refractivity contribution in [3.8, 4) is 0 Å². The second-order valence-electron chi connectivity index (χ2n) is 4.53.